The Labute approximate surface area is 221 Å². The maximum atomic E-state index is 13.2. The van der Waals surface area contributed by atoms with Crippen molar-refractivity contribution in [2.75, 3.05) is 13.7 Å². The maximum Gasteiger partial charge on any atom is 0.407 e. The van der Waals surface area contributed by atoms with Crippen LogP contribution in [0.2, 0.25) is 0 Å². The van der Waals surface area contributed by atoms with E-state index in [-0.39, 0.29) is 19.6 Å². The average molecular weight is 519 g/mol. The molecule has 38 heavy (non-hydrogen) atoms. The Morgan fingerprint density at radius 3 is 1.71 bits per heavy atom. The van der Waals surface area contributed by atoms with Crippen molar-refractivity contribution in [3.8, 4) is 0 Å². The summed E-state index contributed by atoms with van der Waals surface area (Å²) in [6.07, 6.45) is -0.659. The number of methoxy groups -OCH3 is 1. The Morgan fingerprint density at radius 1 is 0.684 bits per heavy atom. The van der Waals surface area contributed by atoms with Crippen molar-refractivity contribution in [2.45, 2.75) is 25.7 Å². The van der Waals surface area contributed by atoms with Gasteiger partial charge in [-0.25, -0.2) is 9.59 Å². The van der Waals surface area contributed by atoms with E-state index in [9.17, 15) is 19.2 Å². The number of rotatable bonds is 12. The van der Waals surface area contributed by atoms with Crippen molar-refractivity contribution in [3.63, 3.8) is 0 Å². The van der Waals surface area contributed by atoms with Crippen LogP contribution >= 0.6 is 0 Å². The van der Waals surface area contributed by atoms with Crippen molar-refractivity contribution in [1.29, 1.82) is 0 Å². The molecule has 3 aromatic rings. The molecule has 0 fully saturated rings. The fourth-order valence-electron chi connectivity index (χ4n) is 3.53. The number of ether oxygens (including phenoxy) is 3. The lowest BCUT2D eigenvalue weighted by molar-refractivity contribution is -0.155. The lowest BCUT2D eigenvalue weighted by atomic mass is 10.0. The predicted molar refractivity (Wildman–Crippen MR) is 138 cm³/mol. The molecule has 0 radical (unpaired) electrons. The van der Waals surface area contributed by atoms with Gasteiger partial charge in [-0.2, -0.15) is 0 Å². The van der Waals surface area contributed by atoms with Gasteiger partial charge in [0, 0.05) is 13.0 Å². The molecular weight excluding hydrogens is 488 g/mol. The number of carbonyl (C=O) groups is 4. The second-order valence-corrected chi connectivity index (χ2v) is 8.36. The topological polar surface area (TPSA) is 120 Å². The SMILES string of the molecule is COC(=O)[C@H](Cc1ccccc1)NC(=O)[C@@H](CNC(=O)OCc1ccccc1)C(=O)OCc1ccccc1. The van der Waals surface area contributed by atoms with Crippen LogP contribution in [-0.2, 0) is 48.2 Å². The summed E-state index contributed by atoms with van der Waals surface area (Å²) in [5.74, 6) is -3.77. The number of amides is 2. The summed E-state index contributed by atoms with van der Waals surface area (Å²) in [6.45, 7) is -0.442. The van der Waals surface area contributed by atoms with Crippen LogP contribution < -0.4 is 10.6 Å². The zero-order valence-corrected chi connectivity index (χ0v) is 21.0. The summed E-state index contributed by atoms with van der Waals surface area (Å²) in [6, 6.07) is 26.0. The molecule has 0 aliphatic rings. The van der Waals surface area contributed by atoms with E-state index in [1.807, 2.05) is 30.3 Å². The number of nitrogens with one attached hydrogen (secondary N) is 2. The van der Waals surface area contributed by atoms with Gasteiger partial charge >= 0.3 is 18.0 Å². The van der Waals surface area contributed by atoms with Crippen LogP contribution in [0.25, 0.3) is 0 Å². The summed E-state index contributed by atoms with van der Waals surface area (Å²) in [5.41, 5.74) is 2.29. The quantitative estimate of drug-likeness (QED) is 0.215. The van der Waals surface area contributed by atoms with Gasteiger partial charge in [0.2, 0.25) is 5.91 Å². The minimum atomic E-state index is -1.44. The number of carbonyl (C=O) groups excluding carboxylic acids is 4. The third-order valence-corrected chi connectivity index (χ3v) is 5.57. The largest absolute Gasteiger partial charge is 0.467 e. The first kappa shape index (κ1) is 27.9. The number of alkyl carbamates (subject to hydrolysis) is 1. The molecule has 0 saturated heterocycles. The van der Waals surface area contributed by atoms with Gasteiger partial charge in [0.1, 0.15) is 19.3 Å². The van der Waals surface area contributed by atoms with Crippen LogP contribution in [0, 0.1) is 5.92 Å². The average Bonchev–Trinajstić information content (AvgIpc) is 2.96. The first-order valence-corrected chi connectivity index (χ1v) is 12.0. The zero-order valence-electron chi connectivity index (χ0n) is 21.0. The maximum absolute atomic E-state index is 13.2. The Morgan fingerprint density at radius 2 is 1.18 bits per heavy atom. The molecule has 9 heteroatoms. The summed E-state index contributed by atoms with van der Waals surface area (Å²) in [7, 11) is 1.21. The Balaban J connectivity index is 1.67. The third-order valence-electron chi connectivity index (χ3n) is 5.57. The second kappa shape index (κ2) is 14.8. The van der Waals surface area contributed by atoms with Crippen LogP contribution in [0.5, 0.6) is 0 Å². The highest BCUT2D eigenvalue weighted by Gasteiger charge is 2.33. The molecule has 2 N–H and O–H groups in total. The highest BCUT2D eigenvalue weighted by molar-refractivity contribution is 6.00. The monoisotopic (exact) mass is 518 g/mol. The highest BCUT2D eigenvalue weighted by Crippen LogP contribution is 2.09. The van der Waals surface area contributed by atoms with E-state index in [2.05, 4.69) is 10.6 Å². The van der Waals surface area contributed by atoms with Crippen molar-refractivity contribution in [3.05, 3.63) is 108 Å². The fraction of sp³-hybridized carbons (Fsp3) is 0.241. The van der Waals surface area contributed by atoms with Crippen molar-refractivity contribution in [2.24, 2.45) is 5.92 Å². The van der Waals surface area contributed by atoms with Crippen LogP contribution in [0.15, 0.2) is 91.0 Å². The van der Waals surface area contributed by atoms with Gasteiger partial charge in [0.25, 0.3) is 0 Å². The van der Waals surface area contributed by atoms with E-state index in [0.29, 0.717) is 0 Å². The van der Waals surface area contributed by atoms with E-state index < -0.39 is 42.4 Å². The molecule has 0 saturated carbocycles. The van der Waals surface area contributed by atoms with Crippen LogP contribution in [0.1, 0.15) is 16.7 Å². The predicted octanol–water partition coefficient (Wildman–Crippen LogP) is 3.17. The summed E-state index contributed by atoms with van der Waals surface area (Å²) < 4.78 is 15.4. The van der Waals surface area contributed by atoms with E-state index >= 15 is 0 Å². The molecule has 0 spiro atoms. The molecule has 2 amide bonds. The lowest BCUT2D eigenvalue weighted by Crippen LogP contribution is -2.50. The Kier molecular flexibility index (Phi) is 10.9. The third kappa shape index (κ3) is 9.09. The first-order chi connectivity index (χ1) is 18.5. The second-order valence-electron chi connectivity index (χ2n) is 8.36. The minimum Gasteiger partial charge on any atom is -0.467 e. The van der Waals surface area contributed by atoms with Crippen LogP contribution in [0.3, 0.4) is 0 Å². The number of esters is 2. The van der Waals surface area contributed by atoms with E-state index in [1.54, 1.807) is 60.7 Å². The molecule has 198 valence electrons. The molecule has 9 nitrogen and oxygen atoms in total. The number of hydrogen-bond donors (Lipinski definition) is 2. The fourth-order valence-corrected chi connectivity index (χ4v) is 3.53. The van der Waals surface area contributed by atoms with Gasteiger partial charge in [-0.1, -0.05) is 91.0 Å². The van der Waals surface area contributed by atoms with Gasteiger partial charge in [-0.3, -0.25) is 9.59 Å². The van der Waals surface area contributed by atoms with Crippen LogP contribution in [-0.4, -0.2) is 43.6 Å². The lowest BCUT2D eigenvalue weighted by Gasteiger charge is -2.21. The van der Waals surface area contributed by atoms with E-state index in [1.165, 1.54) is 7.11 Å². The number of hydrogen-bond acceptors (Lipinski definition) is 7. The van der Waals surface area contributed by atoms with E-state index in [0.717, 1.165) is 16.7 Å². The molecule has 0 unspecified atom stereocenters. The highest BCUT2D eigenvalue weighted by atomic mass is 16.6. The van der Waals surface area contributed by atoms with E-state index in [4.69, 9.17) is 14.2 Å². The smallest absolute Gasteiger partial charge is 0.407 e. The van der Waals surface area contributed by atoms with Gasteiger partial charge < -0.3 is 24.8 Å². The Bertz CT molecular complexity index is 1190. The molecular formula is C29H30N2O7. The molecule has 3 aromatic carbocycles. The van der Waals surface area contributed by atoms with Crippen molar-refractivity contribution in [1.82, 2.24) is 10.6 Å². The van der Waals surface area contributed by atoms with Crippen LogP contribution in [0.4, 0.5) is 4.79 Å². The normalized spacial score (nSPS) is 11.9. The van der Waals surface area contributed by atoms with Gasteiger partial charge in [0.15, 0.2) is 5.92 Å². The van der Waals surface area contributed by atoms with Gasteiger partial charge in [-0.05, 0) is 16.7 Å². The molecule has 2 atom stereocenters. The molecule has 0 heterocycles. The number of benzene rings is 3. The molecule has 0 aliphatic heterocycles. The Hall–Kier alpha value is -4.66. The van der Waals surface area contributed by atoms with Crippen molar-refractivity contribution >= 4 is 23.9 Å². The van der Waals surface area contributed by atoms with Crippen molar-refractivity contribution < 1.29 is 33.4 Å². The summed E-state index contributed by atoms with van der Waals surface area (Å²) in [4.78, 5) is 50.8. The van der Waals surface area contributed by atoms with Gasteiger partial charge in [-0.15, -0.1) is 0 Å². The first-order valence-electron chi connectivity index (χ1n) is 12.0. The molecule has 3 rings (SSSR count). The summed E-state index contributed by atoms with van der Waals surface area (Å²) >= 11 is 0. The van der Waals surface area contributed by atoms with Gasteiger partial charge in [0.05, 0.1) is 7.11 Å². The molecule has 0 aromatic heterocycles. The molecule has 0 bridgehead atoms. The minimum absolute atomic E-state index is 0.0173. The summed E-state index contributed by atoms with van der Waals surface area (Å²) in [5, 5.41) is 5.01. The zero-order chi connectivity index (χ0) is 27.2. The standard InChI is InChI=1S/C29H30N2O7/c1-36-28(34)25(17-21-11-5-2-6-12-21)31-26(32)24(27(33)37-19-22-13-7-3-8-14-22)18-30-29(35)38-20-23-15-9-4-10-16-23/h2-16,24-25H,17-20H2,1H3,(H,30,35)(H,31,32)/t24-,25+/m1/s1. The molecule has 0 aliphatic carbocycles.